The number of hydrogen-bond acceptors (Lipinski definition) is 4. The SMILES string of the molecule is CC(C)c1nc(CO)n(Cc2cccs2)c1Sc1cc(Cl)cc(Cl)c1.Cl. The Morgan fingerprint density at radius 1 is 1.23 bits per heavy atom. The molecule has 0 spiro atoms. The molecule has 0 aliphatic rings. The van der Waals surface area contributed by atoms with Gasteiger partial charge in [-0.05, 0) is 35.6 Å². The summed E-state index contributed by atoms with van der Waals surface area (Å²) in [4.78, 5) is 6.85. The lowest BCUT2D eigenvalue weighted by molar-refractivity contribution is 0.265. The predicted octanol–water partition coefficient (Wildman–Crippen LogP) is 6.49. The highest BCUT2D eigenvalue weighted by Gasteiger charge is 2.21. The number of benzene rings is 1. The van der Waals surface area contributed by atoms with Gasteiger partial charge in [0.25, 0.3) is 0 Å². The number of aromatic nitrogens is 2. The molecule has 2 heterocycles. The molecule has 3 nitrogen and oxygen atoms in total. The van der Waals surface area contributed by atoms with Gasteiger partial charge in [-0.1, -0.05) is 54.9 Å². The van der Waals surface area contributed by atoms with E-state index >= 15 is 0 Å². The van der Waals surface area contributed by atoms with E-state index in [-0.39, 0.29) is 24.9 Å². The standard InChI is InChI=1S/C18H18Cl2N2OS2.ClH/c1-11(2)17-18(25-15-7-12(19)6-13(20)8-15)22(16(10-23)21-17)9-14-4-3-5-24-14;/h3-8,11,23H,9-10H2,1-2H3;1H. The second-order valence-corrected chi connectivity index (χ2v) is 8.87. The number of thiophene rings is 1. The highest BCUT2D eigenvalue weighted by atomic mass is 35.5. The Morgan fingerprint density at radius 2 is 1.92 bits per heavy atom. The Morgan fingerprint density at radius 3 is 2.46 bits per heavy atom. The van der Waals surface area contributed by atoms with Crippen LogP contribution in [0.4, 0.5) is 0 Å². The molecule has 2 aromatic heterocycles. The molecule has 0 bridgehead atoms. The average Bonchev–Trinajstić information content (AvgIpc) is 3.15. The zero-order chi connectivity index (χ0) is 18.0. The van der Waals surface area contributed by atoms with Crippen LogP contribution in [0.3, 0.4) is 0 Å². The molecule has 0 saturated carbocycles. The first-order chi connectivity index (χ1) is 12.0. The summed E-state index contributed by atoms with van der Waals surface area (Å²) in [5.41, 5.74) is 0.974. The van der Waals surface area contributed by atoms with E-state index in [9.17, 15) is 5.11 Å². The fourth-order valence-electron chi connectivity index (χ4n) is 2.53. The Bertz CT molecular complexity index is 843. The summed E-state index contributed by atoms with van der Waals surface area (Å²) in [5, 5.41) is 14.1. The van der Waals surface area contributed by atoms with E-state index in [1.807, 2.05) is 18.2 Å². The molecule has 0 aliphatic carbocycles. The number of rotatable bonds is 6. The smallest absolute Gasteiger partial charge is 0.136 e. The average molecular weight is 450 g/mol. The maximum atomic E-state index is 9.79. The van der Waals surface area contributed by atoms with Gasteiger partial charge in [-0.2, -0.15) is 0 Å². The minimum absolute atomic E-state index is 0. The fraction of sp³-hybridized carbons (Fsp3) is 0.278. The number of halogens is 3. The number of aliphatic hydroxyl groups is 1. The zero-order valence-corrected chi connectivity index (χ0v) is 18.2. The summed E-state index contributed by atoms with van der Waals surface area (Å²) in [5.74, 6) is 0.916. The molecule has 26 heavy (non-hydrogen) atoms. The van der Waals surface area contributed by atoms with Crippen molar-refractivity contribution in [3.05, 3.63) is 62.2 Å². The molecule has 0 atom stereocenters. The summed E-state index contributed by atoms with van der Waals surface area (Å²) >= 11 is 15.6. The summed E-state index contributed by atoms with van der Waals surface area (Å²) in [6, 6.07) is 9.62. The minimum atomic E-state index is -0.0953. The van der Waals surface area contributed by atoms with Crippen LogP contribution in [0, 0.1) is 0 Å². The number of imidazole rings is 1. The van der Waals surface area contributed by atoms with Gasteiger partial charge in [0.1, 0.15) is 17.5 Å². The summed E-state index contributed by atoms with van der Waals surface area (Å²) in [6.07, 6.45) is 0. The summed E-state index contributed by atoms with van der Waals surface area (Å²) < 4.78 is 2.08. The third-order valence-corrected chi connectivity index (χ3v) is 6.05. The Hall–Kier alpha value is -0.690. The molecule has 1 N–H and O–H groups in total. The van der Waals surface area contributed by atoms with Crippen molar-refractivity contribution in [2.75, 3.05) is 0 Å². The quantitative estimate of drug-likeness (QED) is 0.467. The molecular formula is C18H19Cl3N2OS2. The first-order valence-electron chi connectivity index (χ1n) is 7.84. The van der Waals surface area contributed by atoms with E-state index in [0.29, 0.717) is 22.4 Å². The number of hydrogen-bond donors (Lipinski definition) is 1. The molecule has 3 aromatic rings. The van der Waals surface area contributed by atoms with Gasteiger partial charge < -0.3 is 9.67 Å². The van der Waals surface area contributed by atoms with Crippen LogP contribution in [0.15, 0.2) is 45.6 Å². The van der Waals surface area contributed by atoms with Crippen molar-refractivity contribution in [2.45, 2.75) is 42.8 Å². The van der Waals surface area contributed by atoms with Crippen LogP contribution >= 0.6 is 58.7 Å². The van der Waals surface area contributed by atoms with E-state index in [4.69, 9.17) is 23.2 Å². The second kappa shape index (κ2) is 9.49. The van der Waals surface area contributed by atoms with Crippen molar-refractivity contribution in [2.24, 2.45) is 0 Å². The first-order valence-corrected chi connectivity index (χ1v) is 10.3. The van der Waals surface area contributed by atoms with E-state index in [1.54, 1.807) is 29.2 Å². The highest BCUT2D eigenvalue weighted by Crippen LogP contribution is 2.37. The van der Waals surface area contributed by atoms with Gasteiger partial charge >= 0.3 is 0 Å². The second-order valence-electron chi connectivity index (χ2n) is 5.90. The van der Waals surface area contributed by atoms with Gasteiger partial charge in [0.05, 0.1) is 12.2 Å². The molecule has 1 aromatic carbocycles. The van der Waals surface area contributed by atoms with Gasteiger partial charge in [0.15, 0.2) is 0 Å². The van der Waals surface area contributed by atoms with Gasteiger partial charge in [0, 0.05) is 19.8 Å². The van der Waals surface area contributed by atoms with E-state index in [2.05, 4.69) is 34.8 Å². The summed E-state index contributed by atoms with van der Waals surface area (Å²) in [7, 11) is 0. The van der Waals surface area contributed by atoms with Gasteiger partial charge in [-0.25, -0.2) is 4.98 Å². The van der Waals surface area contributed by atoms with Crippen molar-refractivity contribution in [1.82, 2.24) is 9.55 Å². The third-order valence-electron chi connectivity index (χ3n) is 3.66. The Kier molecular flexibility index (Phi) is 7.89. The van der Waals surface area contributed by atoms with Crippen LogP contribution in [0.1, 0.15) is 36.2 Å². The molecule has 0 fully saturated rings. The van der Waals surface area contributed by atoms with Crippen LogP contribution in [0.5, 0.6) is 0 Å². The van der Waals surface area contributed by atoms with Crippen molar-refractivity contribution >= 4 is 58.7 Å². The molecule has 0 amide bonds. The monoisotopic (exact) mass is 448 g/mol. The van der Waals surface area contributed by atoms with Crippen LogP contribution in [0.25, 0.3) is 0 Å². The van der Waals surface area contributed by atoms with Crippen LogP contribution in [0.2, 0.25) is 10.0 Å². The topological polar surface area (TPSA) is 38.1 Å². The maximum Gasteiger partial charge on any atom is 0.136 e. The molecule has 3 rings (SSSR count). The van der Waals surface area contributed by atoms with Gasteiger partial charge in [-0.15, -0.1) is 23.7 Å². The van der Waals surface area contributed by atoms with Crippen molar-refractivity contribution in [3.8, 4) is 0 Å². The van der Waals surface area contributed by atoms with Crippen molar-refractivity contribution in [1.29, 1.82) is 0 Å². The minimum Gasteiger partial charge on any atom is -0.388 e. The lowest BCUT2D eigenvalue weighted by atomic mass is 10.1. The summed E-state index contributed by atoms with van der Waals surface area (Å²) in [6.45, 7) is 4.80. The van der Waals surface area contributed by atoms with Gasteiger partial charge in [0.2, 0.25) is 0 Å². The Balaban J connectivity index is 0.00000243. The molecule has 0 radical (unpaired) electrons. The maximum absolute atomic E-state index is 9.79. The predicted molar refractivity (Wildman–Crippen MR) is 113 cm³/mol. The third kappa shape index (κ3) is 4.97. The van der Waals surface area contributed by atoms with Crippen LogP contribution < -0.4 is 0 Å². The largest absolute Gasteiger partial charge is 0.388 e. The molecular weight excluding hydrogens is 431 g/mol. The van der Waals surface area contributed by atoms with E-state index < -0.39 is 0 Å². The lowest BCUT2D eigenvalue weighted by Gasteiger charge is -2.12. The van der Waals surface area contributed by atoms with Gasteiger partial charge in [-0.3, -0.25) is 0 Å². The van der Waals surface area contributed by atoms with E-state index in [0.717, 1.165) is 15.6 Å². The first kappa shape index (κ1) is 21.6. The van der Waals surface area contributed by atoms with Crippen LogP contribution in [-0.4, -0.2) is 14.7 Å². The molecule has 0 unspecified atom stereocenters. The normalized spacial score (nSPS) is 11.0. The fourth-order valence-corrected chi connectivity index (χ4v) is 5.14. The van der Waals surface area contributed by atoms with E-state index in [1.165, 1.54) is 4.88 Å². The van der Waals surface area contributed by atoms with Crippen molar-refractivity contribution in [3.63, 3.8) is 0 Å². The molecule has 8 heteroatoms. The van der Waals surface area contributed by atoms with Crippen molar-refractivity contribution < 1.29 is 5.11 Å². The highest BCUT2D eigenvalue weighted by molar-refractivity contribution is 7.99. The Labute approximate surface area is 177 Å². The molecule has 140 valence electrons. The molecule has 0 saturated heterocycles. The number of aliphatic hydroxyl groups excluding tert-OH is 1. The van der Waals surface area contributed by atoms with Crippen LogP contribution in [-0.2, 0) is 13.2 Å². The zero-order valence-electron chi connectivity index (χ0n) is 14.3. The molecule has 0 aliphatic heterocycles. The number of nitrogens with zero attached hydrogens (tertiary/aromatic N) is 2. The lowest BCUT2D eigenvalue weighted by Crippen LogP contribution is -2.05.